The number of nitrogens with zero attached hydrogens (tertiary/aromatic N) is 1. The molecule has 0 saturated heterocycles. The minimum Gasteiger partial charge on any atom is -0.508 e. The first-order valence-corrected chi connectivity index (χ1v) is 8.35. The van der Waals surface area contributed by atoms with Gasteiger partial charge in [-0.2, -0.15) is 0 Å². The van der Waals surface area contributed by atoms with Crippen molar-refractivity contribution in [2.24, 2.45) is 5.73 Å². The summed E-state index contributed by atoms with van der Waals surface area (Å²) < 4.78 is 26.8. The van der Waals surface area contributed by atoms with E-state index in [-0.39, 0.29) is 16.5 Å². The summed E-state index contributed by atoms with van der Waals surface area (Å²) in [6, 6.07) is 9.47. The summed E-state index contributed by atoms with van der Waals surface area (Å²) in [5.74, 6) is 0.0324. The fourth-order valence-corrected chi connectivity index (χ4v) is 4.67. The zero-order chi connectivity index (χ0) is 14.8. The second-order valence-electron chi connectivity index (χ2n) is 4.11. The van der Waals surface area contributed by atoms with Crippen molar-refractivity contribution in [3.63, 3.8) is 0 Å². The van der Waals surface area contributed by atoms with E-state index in [0.29, 0.717) is 12.2 Å². The third-order valence-electron chi connectivity index (χ3n) is 2.79. The average molecular weight is 312 g/mol. The van der Waals surface area contributed by atoms with Crippen molar-refractivity contribution in [3.8, 4) is 5.75 Å². The van der Waals surface area contributed by atoms with Crippen LogP contribution in [0.2, 0.25) is 0 Å². The molecular formula is C13H16N2O3S2. The Morgan fingerprint density at radius 1 is 1.30 bits per heavy atom. The molecule has 0 spiro atoms. The lowest BCUT2D eigenvalue weighted by atomic mass is 10.3. The number of rotatable bonds is 5. The summed E-state index contributed by atoms with van der Waals surface area (Å²) in [4.78, 5) is 0.815. The second kappa shape index (κ2) is 5.82. The normalized spacial score (nSPS) is 11.5. The van der Waals surface area contributed by atoms with Crippen molar-refractivity contribution in [3.05, 3.63) is 41.3 Å². The maximum atomic E-state index is 12.6. The molecule has 0 unspecified atom stereocenters. The number of phenolic OH excluding ortho intramolecular Hbond substituents is 1. The van der Waals surface area contributed by atoms with Gasteiger partial charge < -0.3 is 10.8 Å². The minimum atomic E-state index is -3.63. The molecule has 1 aromatic carbocycles. The van der Waals surface area contributed by atoms with Gasteiger partial charge in [0.1, 0.15) is 9.96 Å². The van der Waals surface area contributed by atoms with Crippen molar-refractivity contribution in [2.45, 2.75) is 17.7 Å². The van der Waals surface area contributed by atoms with Gasteiger partial charge in [0.2, 0.25) is 0 Å². The molecule has 20 heavy (non-hydrogen) atoms. The van der Waals surface area contributed by atoms with Gasteiger partial charge in [-0.15, -0.1) is 11.3 Å². The Kier molecular flexibility index (Phi) is 4.32. The van der Waals surface area contributed by atoms with Crippen LogP contribution in [0.15, 0.2) is 40.6 Å². The smallest absolute Gasteiger partial charge is 0.273 e. The van der Waals surface area contributed by atoms with Gasteiger partial charge in [0.05, 0.1) is 5.69 Å². The molecule has 0 aliphatic heterocycles. The number of sulfonamides is 1. The van der Waals surface area contributed by atoms with Gasteiger partial charge >= 0.3 is 0 Å². The number of phenols is 1. The number of hydrogen-bond donors (Lipinski definition) is 2. The topological polar surface area (TPSA) is 83.6 Å². The van der Waals surface area contributed by atoms with Crippen LogP contribution in [-0.4, -0.2) is 20.1 Å². The Labute approximate surface area is 122 Å². The summed E-state index contributed by atoms with van der Waals surface area (Å²) in [6.07, 6.45) is 0. The monoisotopic (exact) mass is 312 g/mol. The van der Waals surface area contributed by atoms with E-state index in [1.807, 2.05) is 0 Å². The maximum absolute atomic E-state index is 12.6. The van der Waals surface area contributed by atoms with E-state index >= 15 is 0 Å². The number of aromatic hydroxyl groups is 1. The highest BCUT2D eigenvalue weighted by Gasteiger charge is 2.25. The first-order chi connectivity index (χ1) is 9.48. The minimum absolute atomic E-state index is 0.0324. The van der Waals surface area contributed by atoms with Crippen LogP contribution in [0, 0.1) is 0 Å². The van der Waals surface area contributed by atoms with Crippen LogP contribution < -0.4 is 10.0 Å². The van der Waals surface area contributed by atoms with Crippen LogP contribution in [0.5, 0.6) is 5.75 Å². The van der Waals surface area contributed by atoms with E-state index in [9.17, 15) is 13.5 Å². The van der Waals surface area contributed by atoms with Gasteiger partial charge in [0.25, 0.3) is 10.0 Å². The lowest BCUT2D eigenvalue weighted by Gasteiger charge is -2.22. The van der Waals surface area contributed by atoms with Crippen LogP contribution >= 0.6 is 11.3 Å². The average Bonchev–Trinajstić information content (AvgIpc) is 2.89. The van der Waals surface area contributed by atoms with Crippen LogP contribution in [0.3, 0.4) is 0 Å². The summed E-state index contributed by atoms with van der Waals surface area (Å²) in [5, 5.41) is 9.50. The molecule has 0 saturated carbocycles. The van der Waals surface area contributed by atoms with Crippen molar-refractivity contribution < 1.29 is 13.5 Å². The molecule has 1 aromatic heterocycles. The zero-order valence-corrected chi connectivity index (χ0v) is 12.6. The Hall–Kier alpha value is -1.57. The Morgan fingerprint density at radius 2 is 2.05 bits per heavy atom. The molecule has 0 bridgehead atoms. The van der Waals surface area contributed by atoms with Crippen molar-refractivity contribution >= 4 is 27.0 Å². The maximum Gasteiger partial charge on any atom is 0.273 e. The van der Waals surface area contributed by atoms with Crippen molar-refractivity contribution in [2.75, 3.05) is 10.8 Å². The number of nitrogens with two attached hydrogens (primary N) is 1. The van der Waals surface area contributed by atoms with Crippen molar-refractivity contribution in [1.29, 1.82) is 0 Å². The molecule has 2 aromatic rings. The summed E-state index contributed by atoms with van der Waals surface area (Å²) in [7, 11) is -3.63. The molecule has 0 atom stereocenters. The van der Waals surface area contributed by atoms with Gasteiger partial charge in [0.15, 0.2) is 0 Å². The predicted molar refractivity (Wildman–Crippen MR) is 80.5 cm³/mol. The number of hydrogen-bond acceptors (Lipinski definition) is 5. The standard InChI is InChI=1S/C13H16N2O3S2/c1-2-15(10-4-3-5-11(16)8-10)20(17,18)13-7-6-12(9-14)19-13/h3-8,16H,2,9,14H2,1H3. The van der Waals surface area contributed by atoms with E-state index in [1.165, 1.54) is 27.8 Å². The van der Waals surface area contributed by atoms with E-state index < -0.39 is 10.0 Å². The Bertz CT molecular complexity index is 695. The fraction of sp³-hybridized carbons (Fsp3) is 0.231. The molecule has 0 radical (unpaired) electrons. The molecule has 0 aliphatic carbocycles. The summed E-state index contributed by atoms with van der Waals surface area (Å²) >= 11 is 1.17. The first-order valence-electron chi connectivity index (χ1n) is 6.09. The molecule has 0 aliphatic rings. The SMILES string of the molecule is CCN(c1cccc(O)c1)S(=O)(=O)c1ccc(CN)s1. The van der Waals surface area contributed by atoms with Crippen LogP contribution in [-0.2, 0) is 16.6 Å². The Morgan fingerprint density at radius 3 is 2.60 bits per heavy atom. The quantitative estimate of drug-likeness (QED) is 0.886. The second-order valence-corrected chi connectivity index (χ2v) is 7.37. The molecule has 7 heteroatoms. The highest BCUT2D eigenvalue weighted by molar-refractivity contribution is 7.94. The third-order valence-corrected chi connectivity index (χ3v) is 6.27. The Balaban J connectivity index is 2.44. The molecule has 1 heterocycles. The zero-order valence-electron chi connectivity index (χ0n) is 11.0. The molecule has 0 amide bonds. The molecule has 2 rings (SSSR count). The van der Waals surface area contributed by atoms with Gasteiger partial charge in [-0.1, -0.05) is 6.07 Å². The van der Waals surface area contributed by atoms with Crippen LogP contribution in [0.25, 0.3) is 0 Å². The number of thiophene rings is 1. The van der Waals surface area contributed by atoms with E-state index in [0.717, 1.165) is 4.88 Å². The highest BCUT2D eigenvalue weighted by atomic mass is 32.2. The summed E-state index contributed by atoms with van der Waals surface area (Å²) in [6.45, 7) is 2.35. The van der Waals surface area contributed by atoms with Gasteiger partial charge in [-0.3, -0.25) is 4.31 Å². The fourth-order valence-electron chi connectivity index (χ4n) is 1.85. The lowest BCUT2D eigenvalue weighted by Crippen LogP contribution is -2.30. The predicted octanol–water partition coefficient (Wildman–Crippen LogP) is 2.13. The molecular weight excluding hydrogens is 296 g/mol. The van der Waals surface area contributed by atoms with E-state index in [1.54, 1.807) is 31.2 Å². The third kappa shape index (κ3) is 2.79. The molecule has 3 N–H and O–H groups in total. The van der Waals surface area contributed by atoms with Gasteiger partial charge in [-0.05, 0) is 31.2 Å². The molecule has 5 nitrogen and oxygen atoms in total. The largest absolute Gasteiger partial charge is 0.508 e. The molecule has 0 fully saturated rings. The van der Waals surface area contributed by atoms with E-state index in [4.69, 9.17) is 5.73 Å². The highest BCUT2D eigenvalue weighted by Crippen LogP contribution is 2.29. The van der Waals surface area contributed by atoms with Crippen LogP contribution in [0.1, 0.15) is 11.8 Å². The number of anilines is 1. The van der Waals surface area contributed by atoms with Crippen LogP contribution in [0.4, 0.5) is 5.69 Å². The molecule has 108 valence electrons. The van der Waals surface area contributed by atoms with E-state index in [2.05, 4.69) is 0 Å². The number of benzene rings is 1. The lowest BCUT2D eigenvalue weighted by molar-refractivity contribution is 0.475. The van der Waals surface area contributed by atoms with Crippen molar-refractivity contribution in [1.82, 2.24) is 0 Å². The van der Waals surface area contributed by atoms with Gasteiger partial charge in [-0.25, -0.2) is 8.42 Å². The summed E-state index contributed by atoms with van der Waals surface area (Å²) in [5.41, 5.74) is 5.95. The first kappa shape index (κ1) is 14.8. The van der Waals surface area contributed by atoms with Gasteiger partial charge in [0, 0.05) is 24.0 Å².